The number of hydrogen-bond donors (Lipinski definition) is 0. The molecule has 28 heavy (non-hydrogen) atoms. The highest BCUT2D eigenvalue weighted by Gasteiger charge is 2.34. The summed E-state index contributed by atoms with van der Waals surface area (Å²) >= 11 is 0. The molecule has 2 atom stereocenters. The van der Waals surface area contributed by atoms with Crippen molar-refractivity contribution >= 4 is 0 Å². The van der Waals surface area contributed by atoms with Crippen LogP contribution in [0.5, 0.6) is 0 Å². The van der Waals surface area contributed by atoms with Crippen LogP contribution >= 0.6 is 0 Å². The zero-order valence-electron chi connectivity index (χ0n) is 18.8. The molecule has 4 aliphatic carbocycles. The van der Waals surface area contributed by atoms with Crippen LogP contribution in [-0.4, -0.2) is 12.7 Å². The van der Waals surface area contributed by atoms with E-state index in [0.717, 1.165) is 42.1 Å². The lowest BCUT2D eigenvalue weighted by Gasteiger charge is -2.41. The van der Waals surface area contributed by atoms with Gasteiger partial charge in [0.25, 0.3) is 0 Å². The normalized spacial score (nSPS) is 45.1. The quantitative estimate of drug-likeness (QED) is 0.438. The lowest BCUT2D eigenvalue weighted by atomic mass is 9.65. The minimum atomic E-state index is 0.560. The predicted octanol–water partition coefficient (Wildman–Crippen LogP) is 7.80. The third-order valence-corrected chi connectivity index (χ3v) is 9.18. The van der Waals surface area contributed by atoms with Crippen LogP contribution in [0.3, 0.4) is 0 Å². The second kappa shape index (κ2) is 10.1. The molecule has 0 spiro atoms. The van der Waals surface area contributed by atoms with Crippen LogP contribution < -0.4 is 0 Å². The summed E-state index contributed by atoms with van der Waals surface area (Å²) in [6.45, 7) is 5.76. The lowest BCUT2D eigenvalue weighted by molar-refractivity contribution is -0.00658. The van der Waals surface area contributed by atoms with E-state index in [1.54, 1.807) is 12.8 Å². The molecule has 0 aromatic heterocycles. The summed E-state index contributed by atoms with van der Waals surface area (Å²) in [7, 11) is 0. The average Bonchev–Trinajstić information content (AvgIpc) is 2.74. The fourth-order valence-electron chi connectivity index (χ4n) is 6.99. The van der Waals surface area contributed by atoms with Crippen molar-refractivity contribution in [1.29, 1.82) is 0 Å². The molecule has 4 aliphatic rings. The molecule has 0 heterocycles. The number of allylic oxidation sites excluding steroid dienone is 1. The van der Waals surface area contributed by atoms with Crippen LogP contribution in [0.1, 0.15) is 104 Å². The number of rotatable bonds is 5. The van der Waals surface area contributed by atoms with Crippen LogP contribution in [0, 0.1) is 41.4 Å². The van der Waals surface area contributed by atoms with Crippen LogP contribution in [0.4, 0.5) is 0 Å². The molecule has 1 nitrogen and oxygen atoms in total. The van der Waals surface area contributed by atoms with Gasteiger partial charge in [-0.1, -0.05) is 38.8 Å². The third kappa shape index (κ3) is 5.65. The van der Waals surface area contributed by atoms with Crippen LogP contribution in [0.15, 0.2) is 12.2 Å². The number of hydrogen-bond acceptors (Lipinski definition) is 1. The van der Waals surface area contributed by atoms with Gasteiger partial charge < -0.3 is 4.74 Å². The maximum atomic E-state index is 6.35. The molecule has 1 heteroatoms. The Balaban J connectivity index is 1.13. The van der Waals surface area contributed by atoms with Gasteiger partial charge in [0.1, 0.15) is 0 Å². The van der Waals surface area contributed by atoms with Crippen molar-refractivity contribution in [1.82, 2.24) is 0 Å². The Hall–Kier alpha value is -0.300. The second-order valence-corrected chi connectivity index (χ2v) is 11.3. The molecular weight excluding hydrogens is 340 g/mol. The zero-order valence-corrected chi connectivity index (χ0v) is 18.8. The maximum absolute atomic E-state index is 6.35. The van der Waals surface area contributed by atoms with Gasteiger partial charge in [-0.15, -0.1) is 0 Å². The van der Waals surface area contributed by atoms with E-state index in [9.17, 15) is 0 Å². The van der Waals surface area contributed by atoms with Gasteiger partial charge in [0.15, 0.2) is 0 Å². The Labute approximate surface area is 175 Å². The van der Waals surface area contributed by atoms with Gasteiger partial charge in [0.05, 0.1) is 12.7 Å². The van der Waals surface area contributed by atoms with Gasteiger partial charge in [0.2, 0.25) is 0 Å². The van der Waals surface area contributed by atoms with Gasteiger partial charge in [-0.2, -0.15) is 0 Å². The fourth-order valence-corrected chi connectivity index (χ4v) is 6.99. The molecule has 0 N–H and O–H groups in total. The zero-order chi connectivity index (χ0) is 19.3. The summed E-state index contributed by atoms with van der Waals surface area (Å²) in [4.78, 5) is 0. The van der Waals surface area contributed by atoms with Crippen LogP contribution in [0.2, 0.25) is 0 Å². The van der Waals surface area contributed by atoms with Crippen LogP contribution in [-0.2, 0) is 4.74 Å². The van der Waals surface area contributed by atoms with E-state index in [4.69, 9.17) is 4.74 Å². The Morgan fingerprint density at radius 3 is 1.57 bits per heavy atom. The maximum Gasteiger partial charge on any atom is 0.0575 e. The molecule has 0 saturated heterocycles. The van der Waals surface area contributed by atoms with E-state index in [2.05, 4.69) is 26.0 Å². The molecule has 0 radical (unpaired) electrons. The highest BCUT2D eigenvalue weighted by molar-refractivity contribution is 4.96. The van der Waals surface area contributed by atoms with Crippen molar-refractivity contribution in [2.75, 3.05) is 6.61 Å². The van der Waals surface area contributed by atoms with Gasteiger partial charge in [-0.25, -0.2) is 0 Å². The first kappa shape index (κ1) is 21.0. The first-order chi connectivity index (χ1) is 13.7. The summed E-state index contributed by atoms with van der Waals surface area (Å²) in [5.41, 5.74) is 0. The molecular formula is C27H46O. The molecule has 2 unspecified atom stereocenters. The first-order valence-corrected chi connectivity index (χ1v) is 13.0. The number of ether oxygens (including phenoxy) is 1. The van der Waals surface area contributed by atoms with Crippen molar-refractivity contribution in [3.63, 3.8) is 0 Å². The fraction of sp³-hybridized carbons (Fsp3) is 0.926. The van der Waals surface area contributed by atoms with Gasteiger partial charge in [-0.05, 0) is 113 Å². The highest BCUT2D eigenvalue weighted by atomic mass is 16.5. The minimum Gasteiger partial charge on any atom is -0.378 e. The van der Waals surface area contributed by atoms with Crippen molar-refractivity contribution in [2.24, 2.45) is 41.4 Å². The largest absolute Gasteiger partial charge is 0.378 e. The SMILES string of the molecule is CC1C=CC(COC2CCC(C3CCC(C4CCC(C)CC4)CC3)CC2)CC1. The Morgan fingerprint density at radius 2 is 1.07 bits per heavy atom. The molecule has 0 amide bonds. The molecule has 0 aliphatic heterocycles. The topological polar surface area (TPSA) is 9.23 Å². The lowest BCUT2D eigenvalue weighted by Crippen LogP contribution is -2.31. The Morgan fingerprint density at radius 1 is 0.571 bits per heavy atom. The molecule has 4 rings (SSSR count). The van der Waals surface area contributed by atoms with Crippen molar-refractivity contribution in [3.05, 3.63) is 12.2 Å². The standard InChI is InChI=1S/C27H46O/c1-20-3-7-22(8-4-20)19-28-27-17-15-26(16-18-27)25-13-11-24(12-14-25)23-9-5-21(2)6-10-23/h3,7,20-27H,4-6,8-19H2,1-2H3. The monoisotopic (exact) mass is 386 g/mol. The van der Waals surface area contributed by atoms with E-state index in [1.165, 1.54) is 77.0 Å². The summed E-state index contributed by atoms with van der Waals surface area (Å²) in [5.74, 6) is 6.69. The third-order valence-electron chi connectivity index (χ3n) is 9.18. The predicted molar refractivity (Wildman–Crippen MR) is 119 cm³/mol. The molecule has 3 saturated carbocycles. The average molecular weight is 387 g/mol. The van der Waals surface area contributed by atoms with E-state index in [-0.39, 0.29) is 0 Å². The molecule has 3 fully saturated rings. The summed E-state index contributed by atoms with van der Waals surface area (Å²) in [6, 6.07) is 0. The van der Waals surface area contributed by atoms with Gasteiger partial charge in [-0.3, -0.25) is 0 Å². The molecule has 0 aromatic carbocycles. The van der Waals surface area contributed by atoms with E-state index < -0.39 is 0 Å². The van der Waals surface area contributed by atoms with Crippen molar-refractivity contribution in [2.45, 2.75) is 110 Å². The van der Waals surface area contributed by atoms with Gasteiger partial charge in [0, 0.05) is 5.92 Å². The molecule has 0 aromatic rings. The van der Waals surface area contributed by atoms with E-state index in [0.29, 0.717) is 12.0 Å². The molecule has 0 bridgehead atoms. The minimum absolute atomic E-state index is 0.560. The Bertz CT molecular complexity index is 472. The second-order valence-electron chi connectivity index (χ2n) is 11.3. The van der Waals surface area contributed by atoms with Gasteiger partial charge >= 0.3 is 0 Å². The summed E-state index contributed by atoms with van der Waals surface area (Å²) in [6.07, 6.45) is 25.9. The highest BCUT2D eigenvalue weighted by Crippen LogP contribution is 2.45. The van der Waals surface area contributed by atoms with E-state index in [1.807, 2.05) is 0 Å². The van der Waals surface area contributed by atoms with Crippen LogP contribution in [0.25, 0.3) is 0 Å². The smallest absolute Gasteiger partial charge is 0.0575 e. The van der Waals surface area contributed by atoms with Crippen molar-refractivity contribution in [3.8, 4) is 0 Å². The summed E-state index contributed by atoms with van der Waals surface area (Å²) < 4.78 is 6.35. The first-order valence-electron chi connectivity index (χ1n) is 13.0. The van der Waals surface area contributed by atoms with Crippen molar-refractivity contribution < 1.29 is 4.74 Å². The molecule has 160 valence electrons. The van der Waals surface area contributed by atoms with E-state index >= 15 is 0 Å². The Kier molecular flexibility index (Phi) is 7.59. The summed E-state index contributed by atoms with van der Waals surface area (Å²) in [5, 5.41) is 0.